The van der Waals surface area contributed by atoms with Crippen LogP contribution in [0.4, 0.5) is 5.69 Å². The zero-order chi connectivity index (χ0) is 13.1. The highest BCUT2D eigenvalue weighted by atomic mass is 79.9. The lowest BCUT2D eigenvalue weighted by atomic mass is 10.2. The van der Waals surface area contributed by atoms with Gasteiger partial charge >= 0.3 is 0 Å². The molecule has 1 aliphatic heterocycles. The van der Waals surface area contributed by atoms with Gasteiger partial charge in [-0.15, -0.1) is 0 Å². The Balaban J connectivity index is 1.94. The summed E-state index contributed by atoms with van der Waals surface area (Å²) in [6, 6.07) is 7.17. The Labute approximate surface area is 119 Å². The standard InChI is InChI=1S/C15H23BrN2/c1-11(2)9-17-12(3)10-18-7-6-13-4-5-14(16)8-15(13)18/h4-5,8,11-12,17H,6-7,9-10H2,1-3H3. The molecule has 1 N–H and O–H groups in total. The number of hydrogen-bond acceptors (Lipinski definition) is 2. The molecule has 0 saturated carbocycles. The maximum atomic E-state index is 3.60. The Hall–Kier alpha value is -0.540. The number of fused-ring (bicyclic) bond motifs is 1. The summed E-state index contributed by atoms with van der Waals surface area (Å²) in [6.07, 6.45) is 1.18. The average molecular weight is 311 g/mol. The Kier molecular flexibility index (Phi) is 4.68. The minimum absolute atomic E-state index is 0.539. The van der Waals surface area contributed by atoms with Crippen LogP contribution in [0.5, 0.6) is 0 Å². The molecule has 0 saturated heterocycles. The van der Waals surface area contributed by atoms with Gasteiger partial charge in [0.05, 0.1) is 0 Å². The summed E-state index contributed by atoms with van der Waals surface area (Å²) in [5, 5.41) is 3.60. The fourth-order valence-electron chi connectivity index (χ4n) is 2.44. The van der Waals surface area contributed by atoms with Crippen molar-refractivity contribution in [3.63, 3.8) is 0 Å². The molecule has 1 aliphatic rings. The van der Waals surface area contributed by atoms with Gasteiger partial charge in [0.2, 0.25) is 0 Å². The first-order valence-electron chi connectivity index (χ1n) is 6.83. The predicted octanol–water partition coefficient (Wildman–Crippen LogP) is 3.45. The minimum atomic E-state index is 0.539. The van der Waals surface area contributed by atoms with Gasteiger partial charge in [0, 0.05) is 29.3 Å². The zero-order valence-corrected chi connectivity index (χ0v) is 13.1. The van der Waals surface area contributed by atoms with Crippen LogP contribution in [0, 0.1) is 5.92 Å². The van der Waals surface area contributed by atoms with Crippen LogP contribution in [0.15, 0.2) is 22.7 Å². The van der Waals surface area contributed by atoms with Crippen LogP contribution in [0.2, 0.25) is 0 Å². The highest BCUT2D eigenvalue weighted by Crippen LogP contribution is 2.30. The molecular formula is C15H23BrN2. The number of benzene rings is 1. The Morgan fingerprint density at radius 1 is 1.33 bits per heavy atom. The summed E-state index contributed by atoms with van der Waals surface area (Å²) < 4.78 is 1.18. The summed E-state index contributed by atoms with van der Waals surface area (Å²) in [5.74, 6) is 0.715. The van der Waals surface area contributed by atoms with Crippen LogP contribution in [0.1, 0.15) is 26.3 Å². The van der Waals surface area contributed by atoms with Crippen molar-refractivity contribution in [3.05, 3.63) is 28.2 Å². The topological polar surface area (TPSA) is 15.3 Å². The highest BCUT2D eigenvalue weighted by Gasteiger charge is 2.20. The fourth-order valence-corrected chi connectivity index (χ4v) is 2.79. The van der Waals surface area contributed by atoms with Gasteiger partial charge < -0.3 is 10.2 Å². The molecule has 1 aromatic rings. The van der Waals surface area contributed by atoms with E-state index in [9.17, 15) is 0 Å². The largest absolute Gasteiger partial charge is 0.369 e. The van der Waals surface area contributed by atoms with Crippen molar-refractivity contribution in [3.8, 4) is 0 Å². The van der Waals surface area contributed by atoms with Crippen molar-refractivity contribution in [2.45, 2.75) is 33.2 Å². The molecule has 1 atom stereocenters. The first kappa shape index (κ1) is 13.9. The lowest BCUT2D eigenvalue weighted by Gasteiger charge is -2.25. The molecule has 2 nitrogen and oxygen atoms in total. The second-order valence-electron chi connectivity index (χ2n) is 5.67. The molecule has 0 bridgehead atoms. The molecule has 100 valence electrons. The maximum absolute atomic E-state index is 3.60. The molecule has 0 radical (unpaired) electrons. The summed E-state index contributed by atoms with van der Waals surface area (Å²) in [5.41, 5.74) is 2.89. The summed E-state index contributed by atoms with van der Waals surface area (Å²) in [7, 11) is 0. The maximum Gasteiger partial charge on any atom is 0.0411 e. The van der Waals surface area contributed by atoms with E-state index in [0.29, 0.717) is 12.0 Å². The van der Waals surface area contributed by atoms with Crippen LogP contribution in [0.3, 0.4) is 0 Å². The predicted molar refractivity (Wildman–Crippen MR) is 82.4 cm³/mol. The van der Waals surface area contributed by atoms with E-state index in [-0.39, 0.29) is 0 Å². The zero-order valence-electron chi connectivity index (χ0n) is 11.5. The van der Waals surface area contributed by atoms with E-state index in [1.165, 1.54) is 22.1 Å². The molecule has 0 fully saturated rings. The number of rotatable bonds is 5. The van der Waals surface area contributed by atoms with Gasteiger partial charge in [-0.25, -0.2) is 0 Å². The van der Waals surface area contributed by atoms with Crippen molar-refractivity contribution in [1.29, 1.82) is 0 Å². The normalized spacial score (nSPS) is 16.2. The van der Waals surface area contributed by atoms with Crippen molar-refractivity contribution in [2.24, 2.45) is 5.92 Å². The van der Waals surface area contributed by atoms with Gasteiger partial charge in [0.25, 0.3) is 0 Å². The van der Waals surface area contributed by atoms with Crippen LogP contribution >= 0.6 is 15.9 Å². The van der Waals surface area contributed by atoms with E-state index in [0.717, 1.165) is 19.6 Å². The van der Waals surface area contributed by atoms with E-state index >= 15 is 0 Å². The average Bonchev–Trinajstić information content (AvgIpc) is 2.69. The number of anilines is 1. The fraction of sp³-hybridized carbons (Fsp3) is 0.600. The SMILES string of the molecule is CC(C)CNC(C)CN1CCc2ccc(Br)cc21. The van der Waals surface area contributed by atoms with Gasteiger partial charge in [-0.05, 0) is 43.5 Å². The highest BCUT2D eigenvalue weighted by molar-refractivity contribution is 9.10. The number of nitrogens with zero attached hydrogens (tertiary/aromatic N) is 1. The molecule has 0 aromatic heterocycles. The van der Waals surface area contributed by atoms with E-state index < -0.39 is 0 Å². The first-order chi connectivity index (χ1) is 8.56. The molecule has 0 amide bonds. The monoisotopic (exact) mass is 310 g/mol. The Bertz CT molecular complexity index is 403. The number of halogens is 1. The third-order valence-electron chi connectivity index (χ3n) is 3.41. The van der Waals surface area contributed by atoms with E-state index in [2.05, 4.69) is 65.1 Å². The van der Waals surface area contributed by atoms with Gasteiger partial charge in [-0.3, -0.25) is 0 Å². The van der Waals surface area contributed by atoms with E-state index in [1.807, 2.05) is 0 Å². The van der Waals surface area contributed by atoms with Gasteiger partial charge in [0.15, 0.2) is 0 Å². The molecule has 1 aromatic carbocycles. The second kappa shape index (κ2) is 6.07. The molecule has 0 aliphatic carbocycles. The molecule has 1 unspecified atom stereocenters. The Morgan fingerprint density at radius 2 is 2.11 bits per heavy atom. The quantitative estimate of drug-likeness (QED) is 0.896. The number of nitrogens with one attached hydrogen (secondary N) is 1. The van der Waals surface area contributed by atoms with E-state index in [4.69, 9.17) is 0 Å². The molecule has 18 heavy (non-hydrogen) atoms. The first-order valence-corrected chi connectivity index (χ1v) is 7.62. The summed E-state index contributed by atoms with van der Waals surface area (Å²) in [4.78, 5) is 2.50. The van der Waals surface area contributed by atoms with Gasteiger partial charge in [-0.1, -0.05) is 35.8 Å². The third kappa shape index (κ3) is 3.48. The van der Waals surface area contributed by atoms with Crippen molar-refractivity contribution in [2.75, 3.05) is 24.5 Å². The summed E-state index contributed by atoms with van der Waals surface area (Å²) in [6.45, 7) is 10.1. The van der Waals surface area contributed by atoms with Gasteiger partial charge in [-0.2, -0.15) is 0 Å². The second-order valence-corrected chi connectivity index (χ2v) is 6.59. The third-order valence-corrected chi connectivity index (χ3v) is 3.90. The number of hydrogen-bond donors (Lipinski definition) is 1. The van der Waals surface area contributed by atoms with Gasteiger partial charge in [0.1, 0.15) is 0 Å². The van der Waals surface area contributed by atoms with Crippen molar-refractivity contribution in [1.82, 2.24) is 5.32 Å². The summed E-state index contributed by atoms with van der Waals surface area (Å²) >= 11 is 3.57. The molecule has 2 rings (SSSR count). The minimum Gasteiger partial charge on any atom is -0.369 e. The van der Waals surface area contributed by atoms with Crippen molar-refractivity contribution >= 4 is 21.6 Å². The van der Waals surface area contributed by atoms with Crippen LogP contribution in [-0.4, -0.2) is 25.7 Å². The van der Waals surface area contributed by atoms with Crippen molar-refractivity contribution < 1.29 is 0 Å². The Morgan fingerprint density at radius 3 is 2.83 bits per heavy atom. The van der Waals surface area contributed by atoms with Crippen LogP contribution in [0.25, 0.3) is 0 Å². The lowest BCUT2D eigenvalue weighted by Crippen LogP contribution is -2.40. The van der Waals surface area contributed by atoms with Crippen LogP contribution < -0.4 is 10.2 Å². The lowest BCUT2D eigenvalue weighted by molar-refractivity contribution is 0.481. The molecule has 1 heterocycles. The smallest absolute Gasteiger partial charge is 0.0411 e. The molecule has 0 spiro atoms. The van der Waals surface area contributed by atoms with E-state index in [1.54, 1.807) is 0 Å². The molecular weight excluding hydrogens is 288 g/mol. The molecule has 3 heteroatoms. The van der Waals surface area contributed by atoms with Crippen LogP contribution in [-0.2, 0) is 6.42 Å².